The minimum Gasteiger partial charge on any atom is -0.394 e. The van der Waals surface area contributed by atoms with Gasteiger partial charge in [0.25, 0.3) is 5.56 Å². The van der Waals surface area contributed by atoms with Crippen molar-refractivity contribution in [3.05, 3.63) is 34.2 Å². The van der Waals surface area contributed by atoms with Crippen LogP contribution >= 0.6 is 0 Å². The molecular formula is C9H10N2O3. The van der Waals surface area contributed by atoms with Crippen LogP contribution in [-0.4, -0.2) is 27.5 Å². The monoisotopic (exact) mass is 194 g/mol. The number of rotatable bonds is 3. The number of aliphatic hydroxyl groups is 2. The molecule has 0 bridgehead atoms. The van der Waals surface area contributed by atoms with Crippen molar-refractivity contribution in [1.29, 1.82) is 5.26 Å². The Balaban J connectivity index is 2.96. The van der Waals surface area contributed by atoms with Crippen molar-refractivity contribution in [1.82, 2.24) is 4.57 Å². The molecule has 0 aromatic carbocycles. The van der Waals surface area contributed by atoms with E-state index in [1.165, 1.54) is 22.9 Å². The Morgan fingerprint density at radius 2 is 2.29 bits per heavy atom. The summed E-state index contributed by atoms with van der Waals surface area (Å²) in [6.07, 6.45) is 0.364. The van der Waals surface area contributed by atoms with Crippen LogP contribution in [0.5, 0.6) is 0 Å². The van der Waals surface area contributed by atoms with E-state index in [1.807, 2.05) is 6.07 Å². The summed E-state index contributed by atoms with van der Waals surface area (Å²) >= 11 is 0. The lowest BCUT2D eigenvalue weighted by Crippen LogP contribution is -2.27. The zero-order chi connectivity index (χ0) is 10.6. The second-order valence-electron chi connectivity index (χ2n) is 2.86. The minimum atomic E-state index is -0.985. The summed E-state index contributed by atoms with van der Waals surface area (Å²) in [4.78, 5) is 11.2. The molecule has 1 rings (SSSR count). The predicted molar refractivity (Wildman–Crippen MR) is 48.5 cm³/mol. The summed E-state index contributed by atoms with van der Waals surface area (Å²) in [5.74, 6) is 0. The normalized spacial score (nSPS) is 12.1. The average Bonchev–Trinajstić information content (AvgIpc) is 2.21. The Labute approximate surface area is 80.5 Å². The molecule has 1 atom stereocenters. The van der Waals surface area contributed by atoms with Crippen LogP contribution in [0.15, 0.2) is 23.1 Å². The van der Waals surface area contributed by atoms with Gasteiger partial charge < -0.3 is 14.8 Å². The van der Waals surface area contributed by atoms with Gasteiger partial charge >= 0.3 is 0 Å². The van der Waals surface area contributed by atoms with Crippen molar-refractivity contribution in [3.63, 3.8) is 0 Å². The number of hydrogen-bond donors (Lipinski definition) is 2. The Morgan fingerprint density at radius 3 is 2.86 bits per heavy atom. The topological polar surface area (TPSA) is 86.2 Å². The minimum absolute atomic E-state index is 0.00907. The molecule has 0 aliphatic carbocycles. The van der Waals surface area contributed by atoms with Gasteiger partial charge in [0.05, 0.1) is 24.8 Å². The largest absolute Gasteiger partial charge is 0.394 e. The third-order valence-electron chi connectivity index (χ3n) is 1.73. The standard InChI is InChI=1S/C9H10N2O3/c10-3-7-1-2-9(14)11(4-7)5-8(13)6-12/h1-2,4,8,12-13H,5-6H2. The molecule has 0 aliphatic rings. The van der Waals surface area contributed by atoms with E-state index >= 15 is 0 Å². The highest BCUT2D eigenvalue weighted by atomic mass is 16.3. The first kappa shape index (κ1) is 10.4. The number of aliphatic hydroxyl groups excluding tert-OH is 2. The van der Waals surface area contributed by atoms with Crippen molar-refractivity contribution in [2.45, 2.75) is 12.6 Å². The molecule has 1 heterocycles. The second kappa shape index (κ2) is 4.56. The maximum absolute atomic E-state index is 11.2. The van der Waals surface area contributed by atoms with E-state index in [1.54, 1.807) is 0 Å². The van der Waals surface area contributed by atoms with E-state index in [0.717, 1.165) is 0 Å². The maximum atomic E-state index is 11.2. The van der Waals surface area contributed by atoms with Gasteiger partial charge in [-0.1, -0.05) is 0 Å². The number of hydrogen-bond acceptors (Lipinski definition) is 4. The van der Waals surface area contributed by atoms with Crippen LogP contribution < -0.4 is 5.56 Å². The fourth-order valence-corrected chi connectivity index (χ4v) is 1.02. The highest BCUT2D eigenvalue weighted by molar-refractivity contribution is 5.24. The number of nitrogens with zero attached hydrogens (tertiary/aromatic N) is 2. The van der Waals surface area contributed by atoms with Crippen molar-refractivity contribution >= 4 is 0 Å². The zero-order valence-corrected chi connectivity index (χ0v) is 7.42. The van der Waals surface area contributed by atoms with E-state index in [9.17, 15) is 4.79 Å². The molecule has 0 aliphatic heterocycles. The summed E-state index contributed by atoms with van der Waals surface area (Å²) in [7, 11) is 0. The highest BCUT2D eigenvalue weighted by Gasteiger charge is 2.04. The van der Waals surface area contributed by atoms with E-state index in [2.05, 4.69) is 0 Å². The van der Waals surface area contributed by atoms with E-state index in [0.29, 0.717) is 5.56 Å². The zero-order valence-electron chi connectivity index (χ0n) is 7.42. The molecule has 0 radical (unpaired) electrons. The van der Waals surface area contributed by atoms with Crippen LogP contribution in [0, 0.1) is 11.3 Å². The van der Waals surface area contributed by atoms with Crippen molar-refractivity contribution in [3.8, 4) is 6.07 Å². The van der Waals surface area contributed by atoms with Gasteiger partial charge in [0.15, 0.2) is 0 Å². The molecular weight excluding hydrogens is 184 g/mol. The number of pyridine rings is 1. The number of nitriles is 1. The summed E-state index contributed by atoms with van der Waals surface area (Å²) in [5.41, 5.74) is 0.0336. The maximum Gasteiger partial charge on any atom is 0.250 e. The van der Waals surface area contributed by atoms with E-state index in [4.69, 9.17) is 15.5 Å². The van der Waals surface area contributed by atoms with Gasteiger partial charge in [0, 0.05) is 12.3 Å². The van der Waals surface area contributed by atoms with Crippen LogP contribution in [0.1, 0.15) is 5.56 Å². The SMILES string of the molecule is N#Cc1ccc(=O)n(CC(O)CO)c1. The van der Waals surface area contributed by atoms with Crippen LogP contribution in [0.25, 0.3) is 0 Å². The summed E-state index contributed by atoms with van der Waals surface area (Å²) < 4.78 is 1.19. The third-order valence-corrected chi connectivity index (χ3v) is 1.73. The van der Waals surface area contributed by atoms with Gasteiger partial charge in [-0.3, -0.25) is 4.79 Å². The fraction of sp³-hybridized carbons (Fsp3) is 0.333. The lowest BCUT2D eigenvalue weighted by atomic mass is 10.3. The molecule has 74 valence electrons. The van der Waals surface area contributed by atoms with Crippen molar-refractivity contribution in [2.75, 3.05) is 6.61 Å². The van der Waals surface area contributed by atoms with Crippen LogP contribution in [0.2, 0.25) is 0 Å². The lowest BCUT2D eigenvalue weighted by molar-refractivity contribution is 0.0804. The lowest BCUT2D eigenvalue weighted by Gasteiger charge is -2.09. The van der Waals surface area contributed by atoms with Crippen LogP contribution in [-0.2, 0) is 6.54 Å². The molecule has 14 heavy (non-hydrogen) atoms. The Bertz CT molecular complexity index is 405. The molecule has 0 fully saturated rings. The van der Waals surface area contributed by atoms with Gasteiger partial charge in [-0.15, -0.1) is 0 Å². The van der Waals surface area contributed by atoms with E-state index < -0.39 is 12.7 Å². The van der Waals surface area contributed by atoms with Gasteiger partial charge in [-0.2, -0.15) is 5.26 Å². The first-order valence-corrected chi connectivity index (χ1v) is 4.07. The molecule has 0 spiro atoms. The fourth-order valence-electron chi connectivity index (χ4n) is 1.02. The molecule has 1 aromatic heterocycles. The first-order chi connectivity index (χ1) is 6.67. The molecule has 0 amide bonds. The average molecular weight is 194 g/mol. The van der Waals surface area contributed by atoms with Gasteiger partial charge in [-0.25, -0.2) is 0 Å². The summed E-state index contributed by atoms with van der Waals surface area (Å²) in [6.45, 7) is -0.423. The third kappa shape index (κ3) is 2.42. The number of aromatic nitrogens is 1. The summed E-state index contributed by atoms with van der Waals surface area (Å²) in [6, 6.07) is 4.54. The van der Waals surface area contributed by atoms with Crippen LogP contribution in [0.3, 0.4) is 0 Å². The molecule has 5 heteroatoms. The highest BCUT2D eigenvalue weighted by Crippen LogP contribution is 1.94. The molecule has 2 N–H and O–H groups in total. The molecule has 1 unspecified atom stereocenters. The predicted octanol–water partition coefficient (Wildman–Crippen LogP) is -0.927. The quantitative estimate of drug-likeness (QED) is 0.651. The Hall–Kier alpha value is -1.64. The van der Waals surface area contributed by atoms with Gasteiger partial charge in [0.2, 0.25) is 0 Å². The van der Waals surface area contributed by atoms with Gasteiger partial charge in [-0.05, 0) is 6.07 Å². The smallest absolute Gasteiger partial charge is 0.250 e. The van der Waals surface area contributed by atoms with Gasteiger partial charge in [0.1, 0.15) is 6.07 Å². The molecule has 5 nitrogen and oxygen atoms in total. The molecule has 0 saturated carbocycles. The molecule has 1 aromatic rings. The van der Waals surface area contributed by atoms with E-state index in [-0.39, 0.29) is 12.1 Å². The second-order valence-corrected chi connectivity index (χ2v) is 2.86. The van der Waals surface area contributed by atoms with Crippen LogP contribution in [0.4, 0.5) is 0 Å². The summed E-state index contributed by atoms with van der Waals surface area (Å²) in [5, 5.41) is 26.3. The Kier molecular flexibility index (Phi) is 3.40. The van der Waals surface area contributed by atoms with Crippen molar-refractivity contribution in [2.24, 2.45) is 0 Å². The first-order valence-electron chi connectivity index (χ1n) is 4.07. The molecule has 0 saturated heterocycles. The van der Waals surface area contributed by atoms with Crippen molar-refractivity contribution < 1.29 is 10.2 Å². The Morgan fingerprint density at radius 1 is 1.57 bits per heavy atom.